The number of aryl methyl sites for hydroxylation is 1. The average molecular weight is 268 g/mol. The Bertz CT molecular complexity index is 434. The largest absolute Gasteiger partial charge is 0.396 e. The fraction of sp³-hybridized carbons (Fsp3) is 0.692. The third-order valence-electron chi connectivity index (χ3n) is 2.68. The summed E-state index contributed by atoms with van der Waals surface area (Å²) in [6.45, 7) is 8.90. The second kappa shape index (κ2) is 6.06. The maximum Gasteiger partial charge on any atom is 0.274 e. The van der Waals surface area contributed by atoms with Gasteiger partial charge in [0.25, 0.3) is 5.91 Å². The van der Waals surface area contributed by atoms with Gasteiger partial charge in [0.1, 0.15) is 0 Å². The normalized spacial score (nSPS) is 13.3. The molecule has 1 aromatic heterocycles. The molecule has 0 aliphatic heterocycles. The Balaban J connectivity index is 2.53. The first-order valence-electron chi connectivity index (χ1n) is 6.52. The number of nitrogens with zero attached hydrogens (tertiary/aromatic N) is 2. The highest BCUT2D eigenvalue weighted by Crippen LogP contribution is 2.20. The molecule has 1 atom stereocenters. The Morgan fingerprint density at radius 3 is 2.68 bits per heavy atom. The Labute approximate surface area is 114 Å². The third kappa shape index (κ3) is 4.90. The van der Waals surface area contributed by atoms with Gasteiger partial charge in [0.2, 0.25) is 0 Å². The third-order valence-corrected chi connectivity index (χ3v) is 2.68. The highest BCUT2D eigenvalue weighted by Gasteiger charge is 2.19. The number of rotatable bonds is 5. The zero-order valence-electron chi connectivity index (χ0n) is 12.1. The van der Waals surface area contributed by atoms with E-state index in [0.717, 1.165) is 0 Å². The summed E-state index contributed by atoms with van der Waals surface area (Å²) in [7, 11) is 0. The van der Waals surface area contributed by atoms with Crippen molar-refractivity contribution in [2.75, 3.05) is 12.3 Å². The van der Waals surface area contributed by atoms with Gasteiger partial charge in [-0.3, -0.25) is 9.48 Å². The van der Waals surface area contributed by atoms with Gasteiger partial charge in [0, 0.05) is 19.3 Å². The van der Waals surface area contributed by atoms with Crippen molar-refractivity contribution in [1.29, 1.82) is 0 Å². The number of hydrogen-bond acceptors (Lipinski definition) is 4. The highest BCUT2D eigenvalue weighted by atomic mass is 16.3. The van der Waals surface area contributed by atoms with Crippen LogP contribution in [0, 0.1) is 5.41 Å². The van der Waals surface area contributed by atoms with Crippen molar-refractivity contribution in [3.63, 3.8) is 0 Å². The number of aromatic nitrogens is 2. The van der Waals surface area contributed by atoms with Crippen LogP contribution in [-0.4, -0.2) is 33.4 Å². The molecule has 0 aliphatic carbocycles. The van der Waals surface area contributed by atoms with Crippen LogP contribution in [0.5, 0.6) is 0 Å². The lowest BCUT2D eigenvalue weighted by atomic mass is 9.89. The number of carbonyl (C=O) groups excluding carboxylic acids is 1. The monoisotopic (exact) mass is 268 g/mol. The van der Waals surface area contributed by atoms with E-state index < -0.39 is 6.10 Å². The van der Waals surface area contributed by atoms with Crippen molar-refractivity contribution in [2.45, 2.75) is 46.8 Å². The summed E-state index contributed by atoms with van der Waals surface area (Å²) in [5.41, 5.74) is 6.30. The van der Waals surface area contributed by atoms with Gasteiger partial charge in [-0.2, -0.15) is 5.10 Å². The van der Waals surface area contributed by atoms with Crippen LogP contribution in [0.15, 0.2) is 6.20 Å². The Morgan fingerprint density at radius 1 is 1.58 bits per heavy atom. The summed E-state index contributed by atoms with van der Waals surface area (Å²) in [5, 5.41) is 16.6. The number of carbonyl (C=O) groups is 1. The zero-order chi connectivity index (χ0) is 14.6. The molecule has 6 nitrogen and oxygen atoms in total. The number of nitrogens with one attached hydrogen (secondary N) is 1. The number of aliphatic hydroxyl groups excluding tert-OH is 1. The Morgan fingerprint density at radius 2 is 2.21 bits per heavy atom. The number of nitrogen functional groups attached to an aromatic ring is 1. The van der Waals surface area contributed by atoms with E-state index in [1.807, 2.05) is 27.7 Å². The predicted molar refractivity (Wildman–Crippen MR) is 74.7 cm³/mol. The molecule has 1 amide bonds. The zero-order valence-corrected chi connectivity index (χ0v) is 12.1. The molecule has 6 heteroatoms. The van der Waals surface area contributed by atoms with Gasteiger partial charge in [-0.05, 0) is 18.8 Å². The molecule has 19 heavy (non-hydrogen) atoms. The molecular formula is C13H24N4O2. The minimum Gasteiger partial charge on any atom is -0.396 e. The maximum atomic E-state index is 11.9. The van der Waals surface area contributed by atoms with Gasteiger partial charge in [-0.1, -0.05) is 20.8 Å². The van der Waals surface area contributed by atoms with Crippen molar-refractivity contribution in [2.24, 2.45) is 5.41 Å². The number of anilines is 1. The predicted octanol–water partition coefficient (Wildman–Crippen LogP) is 1.01. The summed E-state index contributed by atoms with van der Waals surface area (Å²) in [5.74, 6) is -0.349. The Kier molecular flexibility index (Phi) is 4.94. The van der Waals surface area contributed by atoms with E-state index in [9.17, 15) is 9.90 Å². The number of amides is 1. The lowest BCUT2D eigenvalue weighted by molar-refractivity contribution is 0.0864. The molecule has 1 heterocycles. The number of hydrogen-bond donors (Lipinski definition) is 3. The molecule has 1 unspecified atom stereocenters. The van der Waals surface area contributed by atoms with E-state index in [1.54, 1.807) is 10.9 Å². The molecule has 0 aliphatic rings. The van der Waals surface area contributed by atoms with Crippen molar-refractivity contribution in [3.8, 4) is 0 Å². The maximum absolute atomic E-state index is 11.9. The fourth-order valence-corrected chi connectivity index (χ4v) is 1.85. The van der Waals surface area contributed by atoms with Crippen molar-refractivity contribution >= 4 is 11.6 Å². The summed E-state index contributed by atoms with van der Waals surface area (Å²) < 4.78 is 1.61. The lowest BCUT2D eigenvalue weighted by Gasteiger charge is -2.22. The van der Waals surface area contributed by atoms with Gasteiger partial charge in [-0.25, -0.2) is 0 Å². The average Bonchev–Trinajstić information content (AvgIpc) is 2.65. The quantitative estimate of drug-likeness (QED) is 0.743. The second-order valence-corrected chi connectivity index (χ2v) is 5.92. The minimum absolute atomic E-state index is 0.0208. The molecule has 0 fully saturated rings. The molecule has 0 radical (unpaired) electrons. The summed E-state index contributed by atoms with van der Waals surface area (Å²) in [6.07, 6.45) is 1.67. The molecule has 1 aromatic rings. The Hall–Kier alpha value is -1.56. The van der Waals surface area contributed by atoms with Gasteiger partial charge in [-0.15, -0.1) is 0 Å². The first kappa shape index (κ1) is 15.5. The summed E-state index contributed by atoms with van der Waals surface area (Å²) in [6, 6.07) is 0. The molecular weight excluding hydrogens is 244 g/mol. The van der Waals surface area contributed by atoms with Gasteiger partial charge < -0.3 is 16.2 Å². The van der Waals surface area contributed by atoms with E-state index >= 15 is 0 Å². The van der Waals surface area contributed by atoms with Crippen molar-refractivity contribution in [3.05, 3.63) is 11.9 Å². The van der Waals surface area contributed by atoms with E-state index in [-0.39, 0.29) is 23.6 Å². The van der Waals surface area contributed by atoms with Crippen LogP contribution in [0.3, 0.4) is 0 Å². The smallest absolute Gasteiger partial charge is 0.274 e. The van der Waals surface area contributed by atoms with Crippen LogP contribution in [-0.2, 0) is 6.54 Å². The first-order valence-corrected chi connectivity index (χ1v) is 6.52. The van der Waals surface area contributed by atoms with Gasteiger partial charge in [0.15, 0.2) is 5.69 Å². The van der Waals surface area contributed by atoms with E-state index in [1.165, 1.54) is 0 Å². The minimum atomic E-state index is -0.571. The molecule has 108 valence electrons. The standard InChI is InChI=1S/C13H24N4O2/c1-5-17-8-10(14)11(16-17)12(19)15-7-9(18)6-13(2,3)4/h8-9,18H,5-7,14H2,1-4H3,(H,15,19). The summed E-state index contributed by atoms with van der Waals surface area (Å²) >= 11 is 0. The number of nitrogens with two attached hydrogens (primary N) is 1. The molecule has 1 rings (SSSR count). The molecule has 0 saturated carbocycles. The van der Waals surface area contributed by atoms with Crippen LogP contribution in [0.2, 0.25) is 0 Å². The van der Waals surface area contributed by atoms with Crippen molar-refractivity contribution in [1.82, 2.24) is 15.1 Å². The van der Waals surface area contributed by atoms with E-state index in [4.69, 9.17) is 5.73 Å². The van der Waals surface area contributed by atoms with Crippen molar-refractivity contribution < 1.29 is 9.90 Å². The van der Waals surface area contributed by atoms with Crippen LogP contribution in [0.4, 0.5) is 5.69 Å². The van der Waals surface area contributed by atoms with Gasteiger partial charge >= 0.3 is 0 Å². The topological polar surface area (TPSA) is 93.2 Å². The number of aliphatic hydroxyl groups is 1. The fourth-order valence-electron chi connectivity index (χ4n) is 1.85. The van der Waals surface area contributed by atoms with Crippen LogP contribution >= 0.6 is 0 Å². The molecule has 0 saturated heterocycles. The molecule has 0 aromatic carbocycles. The van der Waals surface area contributed by atoms with Crippen LogP contribution < -0.4 is 11.1 Å². The van der Waals surface area contributed by atoms with E-state index in [0.29, 0.717) is 18.7 Å². The highest BCUT2D eigenvalue weighted by molar-refractivity contribution is 5.96. The summed E-state index contributed by atoms with van der Waals surface area (Å²) in [4.78, 5) is 11.9. The second-order valence-electron chi connectivity index (χ2n) is 5.92. The first-order chi connectivity index (χ1) is 8.73. The SMILES string of the molecule is CCn1cc(N)c(C(=O)NCC(O)CC(C)(C)C)n1. The lowest BCUT2D eigenvalue weighted by Crippen LogP contribution is -2.34. The molecule has 0 spiro atoms. The molecule has 0 bridgehead atoms. The van der Waals surface area contributed by atoms with Crippen LogP contribution in [0.1, 0.15) is 44.6 Å². The van der Waals surface area contributed by atoms with Gasteiger partial charge in [0.05, 0.1) is 11.8 Å². The molecule has 4 N–H and O–H groups in total. The van der Waals surface area contributed by atoms with Crippen LogP contribution in [0.25, 0.3) is 0 Å². The van der Waals surface area contributed by atoms with E-state index in [2.05, 4.69) is 10.4 Å².